The van der Waals surface area contributed by atoms with E-state index in [-0.39, 0.29) is 11.8 Å². The first-order chi connectivity index (χ1) is 11.6. The zero-order chi connectivity index (χ0) is 17.5. The monoisotopic (exact) mass is 329 g/mol. The van der Waals surface area contributed by atoms with E-state index in [1.165, 1.54) is 0 Å². The number of hydrogen-bond donors (Lipinski definition) is 1. The van der Waals surface area contributed by atoms with Crippen molar-refractivity contribution >= 4 is 11.6 Å². The summed E-state index contributed by atoms with van der Waals surface area (Å²) < 4.78 is 15.7. The molecule has 0 bridgehead atoms. The summed E-state index contributed by atoms with van der Waals surface area (Å²) in [7, 11) is 4.78. The number of nitrogens with one attached hydrogen (secondary N) is 1. The molecule has 0 aliphatic rings. The van der Waals surface area contributed by atoms with Crippen LogP contribution in [0.5, 0.6) is 17.2 Å². The fourth-order valence-electron chi connectivity index (χ4n) is 2.45. The van der Waals surface area contributed by atoms with Gasteiger partial charge in [-0.15, -0.1) is 0 Å². The van der Waals surface area contributed by atoms with Gasteiger partial charge in [0, 0.05) is 12.5 Å². The van der Waals surface area contributed by atoms with Gasteiger partial charge in [0.25, 0.3) is 0 Å². The Kier molecular flexibility index (Phi) is 6.07. The Balaban J connectivity index is 2.04. The van der Waals surface area contributed by atoms with E-state index >= 15 is 0 Å². The second-order valence-electron chi connectivity index (χ2n) is 5.50. The molecule has 0 fully saturated rings. The van der Waals surface area contributed by atoms with Crippen molar-refractivity contribution in [3.63, 3.8) is 0 Å². The van der Waals surface area contributed by atoms with Crippen molar-refractivity contribution in [1.29, 1.82) is 0 Å². The lowest BCUT2D eigenvalue weighted by Crippen LogP contribution is -2.15. The molecular weight excluding hydrogens is 306 g/mol. The van der Waals surface area contributed by atoms with E-state index in [0.29, 0.717) is 23.6 Å². The highest BCUT2D eigenvalue weighted by molar-refractivity contribution is 5.92. The van der Waals surface area contributed by atoms with Crippen LogP contribution in [-0.4, -0.2) is 27.2 Å². The van der Waals surface area contributed by atoms with Crippen LogP contribution < -0.4 is 19.5 Å². The van der Waals surface area contributed by atoms with Crippen LogP contribution in [0, 0.1) is 0 Å². The first kappa shape index (κ1) is 17.7. The zero-order valence-electron chi connectivity index (χ0n) is 14.5. The normalized spacial score (nSPS) is 11.5. The molecule has 5 heteroatoms. The lowest BCUT2D eigenvalue weighted by Gasteiger charge is -2.15. The summed E-state index contributed by atoms with van der Waals surface area (Å²) in [4.78, 5) is 12.3. The largest absolute Gasteiger partial charge is 0.497 e. The maximum absolute atomic E-state index is 12.3. The number of carbonyl (C=O) groups excluding carboxylic acids is 1. The number of carbonyl (C=O) groups is 1. The van der Waals surface area contributed by atoms with Crippen LogP contribution in [0.3, 0.4) is 0 Å². The van der Waals surface area contributed by atoms with Crippen molar-refractivity contribution < 1.29 is 19.0 Å². The SMILES string of the molecule is COc1cccc(C(C)CC(=O)Nc2ccc(OC)cc2OC)c1. The highest BCUT2D eigenvalue weighted by Gasteiger charge is 2.14. The number of ether oxygens (including phenoxy) is 3. The number of benzene rings is 2. The molecule has 0 heterocycles. The Morgan fingerprint density at radius 3 is 2.38 bits per heavy atom. The molecule has 0 aliphatic carbocycles. The second kappa shape index (κ2) is 8.24. The summed E-state index contributed by atoms with van der Waals surface area (Å²) in [5.74, 6) is 2.03. The van der Waals surface area contributed by atoms with E-state index in [2.05, 4.69) is 5.32 Å². The third-order valence-electron chi connectivity index (χ3n) is 3.84. The number of amides is 1. The van der Waals surface area contributed by atoms with E-state index in [1.807, 2.05) is 31.2 Å². The molecule has 1 amide bonds. The lowest BCUT2D eigenvalue weighted by atomic mass is 9.97. The standard InChI is InChI=1S/C19H23NO4/c1-13(14-6-5-7-15(11-14)22-2)10-19(21)20-17-9-8-16(23-3)12-18(17)24-4/h5-9,11-13H,10H2,1-4H3,(H,20,21). The Hall–Kier alpha value is -2.69. The van der Waals surface area contributed by atoms with E-state index in [0.717, 1.165) is 11.3 Å². The number of anilines is 1. The molecule has 2 aromatic carbocycles. The fraction of sp³-hybridized carbons (Fsp3) is 0.316. The van der Waals surface area contributed by atoms with Gasteiger partial charge in [-0.3, -0.25) is 4.79 Å². The van der Waals surface area contributed by atoms with Crippen LogP contribution in [0.2, 0.25) is 0 Å². The van der Waals surface area contributed by atoms with Crippen molar-refractivity contribution in [3.8, 4) is 17.2 Å². The number of methoxy groups -OCH3 is 3. The van der Waals surface area contributed by atoms with Crippen LogP contribution in [0.15, 0.2) is 42.5 Å². The minimum Gasteiger partial charge on any atom is -0.497 e. The van der Waals surface area contributed by atoms with Crippen LogP contribution in [0.1, 0.15) is 24.8 Å². The molecule has 0 aliphatic heterocycles. The molecule has 5 nitrogen and oxygen atoms in total. The first-order valence-electron chi connectivity index (χ1n) is 7.73. The summed E-state index contributed by atoms with van der Waals surface area (Å²) in [6, 6.07) is 13.0. The molecule has 2 rings (SSSR count). The molecule has 1 N–H and O–H groups in total. The van der Waals surface area contributed by atoms with E-state index in [1.54, 1.807) is 39.5 Å². The topological polar surface area (TPSA) is 56.8 Å². The third kappa shape index (κ3) is 4.41. The fourth-order valence-corrected chi connectivity index (χ4v) is 2.45. The summed E-state index contributed by atoms with van der Waals surface area (Å²) >= 11 is 0. The van der Waals surface area contributed by atoms with E-state index < -0.39 is 0 Å². The molecular formula is C19H23NO4. The molecule has 0 spiro atoms. The van der Waals surface area contributed by atoms with Crippen molar-refractivity contribution in [3.05, 3.63) is 48.0 Å². The average Bonchev–Trinajstić information content (AvgIpc) is 2.61. The highest BCUT2D eigenvalue weighted by atomic mass is 16.5. The average molecular weight is 329 g/mol. The predicted molar refractivity (Wildman–Crippen MR) is 94.2 cm³/mol. The Morgan fingerprint density at radius 2 is 1.71 bits per heavy atom. The quantitative estimate of drug-likeness (QED) is 0.838. The molecule has 2 aromatic rings. The maximum Gasteiger partial charge on any atom is 0.225 e. The van der Waals surface area contributed by atoms with Crippen molar-refractivity contribution in [2.75, 3.05) is 26.6 Å². The zero-order valence-corrected chi connectivity index (χ0v) is 14.5. The highest BCUT2D eigenvalue weighted by Crippen LogP contribution is 2.30. The smallest absolute Gasteiger partial charge is 0.225 e. The molecule has 0 radical (unpaired) electrons. The summed E-state index contributed by atoms with van der Waals surface area (Å²) in [6.45, 7) is 2.01. The van der Waals surface area contributed by atoms with Crippen molar-refractivity contribution in [2.24, 2.45) is 0 Å². The minimum atomic E-state index is -0.0752. The minimum absolute atomic E-state index is 0.0735. The number of hydrogen-bond acceptors (Lipinski definition) is 4. The van der Waals surface area contributed by atoms with Gasteiger partial charge in [0.05, 0.1) is 27.0 Å². The van der Waals surface area contributed by atoms with Gasteiger partial charge in [-0.05, 0) is 35.7 Å². The molecule has 0 saturated carbocycles. The summed E-state index contributed by atoms with van der Waals surface area (Å²) in [6.07, 6.45) is 0.363. The van der Waals surface area contributed by atoms with Gasteiger partial charge in [-0.1, -0.05) is 19.1 Å². The lowest BCUT2D eigenvalue weighted by molar-refractivity contribution is -0.116. The summed E-state index contributed by atoms with van der Waals surface area (Å²) in [5, 5.41) is 2.89. The van der Waals surface area contributed by atoms with Gasteiger partial charge < -0.3 is 19.5 Å². The van der Waals surface area contributed by atoms with E-state index in [9.17, 15) is 4.79 Å². The molecule has 0 saturated heterocycles. The van der Waals surface area contributed by atoms with Crippen molar-refractivity contribution in [1.82, 2.24) is 0 Å². The maximum atomic E-state index is 12.3. The molecule has 128 valence electrons. The van der Waals surface area contributed by atoms with Gasteiger partial charge in [0.15, 0.2) is 0 Å². The van der Waals surface area contributed by atoms with Gasteiger partial charge in [0.1, 0.15) is 17.2 Å². The molecule has 1 atom stereocenters. The Bertz CT molecular complexity index is 700. The summed E-state index contributed by atoms with van der Waals surface area (Å²) in [5.41, 5.74) is 1.69. The Labute approximate surface area is 142 Å². The van der Waals surface area contributed by atoms with Gasteiger partial charge in [0.2, 0.25) is 5.91 Å². The van der Waals surface area contributed by atoms with Gasteiger partial charge in [-0.25, -0.2) is 0 Å². The molecule has 0 aromatic heterocycles. The molecule has 1 unspecified atom stereocenters. The van der Waals surface area contributed by atoms with Crippen LogP contribution in [0.25, 0.3) is 0 Å². The van der Waals surface area contributed by atoms with Crippen LogP contribution in [0.4, 0.5) is 5.69 Å². The van der Waals surface area contributed by atoms with Crippen LogP contribution >= 0.6 is 0 Å². The second-order valence-corrected chi connectivity index (χ2v) is 5.50. The first-order valence-corrected chi connectivity index (χ1v) is 7.73. The number of rotatable bonds is 7. The third-order valence-corrected chi connectivity index (χ3v) is 3.84. The van der Waals surface area contributed by atoms with E-state index in [4.69, 9.17) is 14.2 Å². The predicted octanol–water partition coefficient (Wildman–Crippen LogP) is 3.84. The molecule has 24 heavy (non-hydrogen) atoms. The van der Waals surface area contributed by atoms with Gasteiger partial charge >= 0.3 is 0 Å². The van der Waals surface area contributed by atoms with Crippen LogP contribution in [-0.2, 0) is 4.79 Å². The Morgan fingerprint density at radius 1 is 1.00 bits per heavy atom. The van der Waals surface area contributed by atoms with Gasteiger partial charge in [-0.2, -0.15) is 0 Å². The van der Waals surface area contributed by atoms with Crippen molar-refractivity contribution in [2.45, 2.75) is 19.3 Å².